The minimum Gasteiger partial charge on any atom is -0.397 e. The van der Waals surface area contributed by atoms with Gasteiger partial charge in [0.25, 0.3) is 11.8 Å². The van der Waals surface area contributed by atoms with Crippen molar-refractivity contribution in [2.24, 2.45) is 12.8 Å². The molecule has 1 aromatic heterocycles. The number of hydrogen-bond donors (Lipinski definition) is 3. The van der Waals surface area contributed by atoms with Crippen LogP contribution in [0.5, 0.6) is 0 Å². The Morgan fingerprint density at radius 3 is 2.55 bits per heavy atom. The van der Waals surface area contributed by atoms with Crippen LogP contribution in [-0.4, -0.2) is 46.6 Å². The van der Waals surface area contributed by atoms with E-state index in [-0.39, 0.29) is 36.2 Å². The van der Waals surface area contributed by atoms with E-state index in [1.165, 1.54) is 11.0 Å². The molecule has 2 aromatic carbocycles. The highest BCUT2D eigenvalue weighted by atomic mass is 19.4. The van der Waals surface area contributed by atoms with Crippen molar-refractivity contribution in [1.29, 1.82) is 0 Å². The van der Waals surface area contributed by atoms with Crippen molar-refractivity contribution in [3.63, 3.8) is 0 Å². The molecule has 0 aliphatic carbocycles. The number of hydrazine groups is 1. The third-order valence-corrected chi connectivity index (χ3v) is 7.24. The number of carbonyl (C=O) groups excluding carboxylic acids is 1. The lowest BCUT2D eigenvalue weighted by Crippen LogP contribution is -2.42. The van der Waals surface area contributed by atoms with E-state index in [1.807, 2.05) is 13.8 Å². The first-order chi connectivity index (χ1) is 19.7. The molecule has 0 unspecified atom stereocenters. The predicted molar refractivity (Wildman–Crippen MR) is 152 cm³/mol. The summed E-state index contributed by atoms with van der Waals surface area (Å²) in [5, 5.41) is 8.38. The summed E-state index contributed by atoms with van der Waals surface area (Å²) in [6.07, 6.45) is -1.40. The third-order valence-electron chi connectivity index (χ3n) is 7.24. The maximum absolute atomic E-state index is 13.9. The molecule has 3 aromatic rings. The second kappa shape index (κ2) is 12.1. The van der Waals surface area contributed by atoms with E-state index in [4.69, 9.17) is 5.73 Å². The Balaban J connectivity index is 1.60. The molecule has 42 heavy (non-hydrogen) atoms. The van der Waals surface area contributed by atoms with Crippen LogP contribution in [0.15, 0.2) is 48.8 Å². The molecule has 226 valence electrons. The summed E-state index contributed by atoms with van der Waals surface area (Å²) >= 11 is 0. The number of aryl methyl sites for hydroxylation is 2. The molecule has 2 heterocycles. The van der Waals surface area contributed by atoms with Crippen molar-refractivity contribution in [3.05, 3.63) is 82.3 Å². The number of nitrogens with zero attached hydrogens (tertiary/aromatic N) is 4. The molecule has 1 aliphatic rings. The number of hydrogen-bond acceptors (Lipinski definition) is 6. The molecule has 4 N–H and O–H groups in total. The quantitative estimate of drug-likeness (QED) is 0.239. The van der Waals surface area contributed by atoms with Crippen LogP contribution in [0.25, 0.3) is 5.70 Å². The number of amides is 1. The average molecular weight is 592 g/mol. The summed E-state index contributed by atoms with van der Waals surface area (Å²) in [5.74, 6) is -3.53. The van der Waals surface area contributed by atoms with Gasteiger partial charge in [0.05, 0.1) is 29.7 Å². The Morgan fingerprint density at radius 1 is 1.19 bits per heavy atom. The number of carbonyl (C=O) groups is 1. The molecular weight excluding hydrogens is 557 g/mol. The van der Waals surface area contributed by atoms with Crippen molar-refractivity contribution in [2.45, 2.75) is 45.3 Å². The highest BCUT2D eigenvalue weighted by Gasteiger charge is 2.36. The molecule has 0 radical (unpaired) electrons. The lowest BCUT2D eigenvalue weighted by molar-refractivity contribution is -0.137. The number of nitrogens with two attached hydrogens (primary N) is 1. The molecule has 0 atom stereocenters. The zero-order valence-corrected chi connectivity index (χ0v) is 23.8. The van der Waals surface area contributed by atoms with Crippen LogP contribution in [0.3, 0.4) is 0 Å². The lowest BCUT2D eigenvalue weighted by atomic mass is 10.0. The summed E-state index contributed by atoms with van der Waals surface area (Å²) in [7, 11) is 3.47. The normalized spacial score (nSPS) is 16.0. The molecule has 0 spiro atoms. The standard InChI is InChI=1S/C29H34F5N7O/c1-18-6-7-21(12-26(18)41(36-3)16-25(35)24-14-37-39(4)19(24)2)27(42)38-23-11-20(10-22(13-23)29(32,33)34)15-40-9-5-8-28(30,31)17-40/h6-7,10-14,16,36H,5,8-9,15,17,35H2,1-4H3,(H,38,42)/b25-16-. The van der Waals surface area contributed by atoms with E-state index in [0.717, 1.165) is 29.0 Å². The first-order valence-electron chi connectivity index (χ1n) is 13.3. The van der Waals surface area contributed by atoms with Crippen molar-refractivity contribution in [1.82, 2.24) is 20.1 Å². The molecule has 0 saturated carbocycles. The van der Waals surface area contributed by atoms with Crippen LogP contribution < -0.4 is 21.5 Å². The zero-order valence-electron chi connectivity index (χ0n) is 23.8. The Kier molecular flexibility index (Phi) is 8.92. The molecule has 13 heteroatoms. The van der Waals surface area contributed by atoms with E-state index < -0.39 is 30.1 Å². The zero-order chi connectivity index (χ0) is 30.8. The number of alkyl halides is 5. The number of likely N-dealkylation sites (tertiary alicyclic amines) is 1. The number of piperidine rings is 1. The van der Waals surface area contributed by atoms with E-state index in [0.29, 0.717) is 17.9 Å². The van der Waals surface area contributed by atoms with Gasteiger partial charge in [-0.3, -0.25) is 19.4 Å². The SMILES string of the molecule is CNN(/C=C(\N)c1cnn(C)c1C)c1cc(C(=O)Nc2cc(CN3CCCC(F)(F)C3)cc(C(F)(F)F)c2)ccc1C. The highest BCUT2D eigenvalue weighted by molar-refractivity contribution is 6.05. The van der Waals surface area contributed by atoms with Gasteiger partial charge < -0.3 is 11.1 Å². The Morgan fingerprint density at radius 2 is 1.93 bits per heavy atom. The van der Waals surface area contributed by atoms with Gasteiger partial charge in [0.2, 0.25) is 0 Å². The molecule has 8 nitrogen and oxygen atoms in total. The summed E-state index contributed by atoms with van der Waals surface area (Å²) < 4.78 is 70.6. The monoisotopic (exact) mass is 591 g/mol. The topological polar surface area (TPSA) is 91.5 Å². The lowest BCUT2D eigenvalue weighted by Gasteiger charge is -2.32. The summed E-state index contributed by atoms with van der Waals surface area (Å²) in [6.45, 7) is 3.44. The van der Waals surface area contributed by atoms with Gasteiger partial charge in [-0.05, 0) is 68.3 Å². The van der Waals surface area contributed by atoms with E-state index in [9.17, 15) is 26.7 Å². The van der Waals surface area contributed by atoms with Gasteiger partial charge in [0.15, 0.2) is 0 Å². The van der Waals surface area contributed by atoms with E-state index in [2.05, 4.69) is 15.8 Å². The van der Waals surface area contributed by atoms with Gasteiger partial charge in [0.1, 0.15) is 0 Å². The minimum atomic E-state index is -4.69. The number of halogens is 5. The van der Waals surface area contributed by atoms with Gasteiger partial charge in [-0.25, -0.2) is 14.2 Å². The predicted octanol–water partition coefficient (Wildman–Crippen LogP) is 5.44. The fraction of sp³-hybridized carbons (Fsp3) is 0.379. The molecule has 1 aliphatic heterocycles. The Labute approximate surface area is 240 Å². The molecule has 0 bridgehead atoms. The van der Waals surface area contributed by atoms with Crippen LogP contribution in [0.1, 0.15) is 51.1 Å². The molecule has 1 saturated heterocycles. The Hall–Kier alpha value is -3.97. The maximum atomic E-state index is 13.9. The second-order valence-electron chi connectivity index (χ2n) is 10.5. The minimum absolute atomic E-state index is 0.0858. The number of aromatic nitrogens is 2. The van der Waals surface area contributed by atoms with Crippen LogP contribution in [0.2, 0.25) is 0 Å². The first kappa shape index (κ1) is 31.0. The largest absolute Gasteiger partial charge is 0.416 e. The summed E-state index contributed by atoms with van der Waals surface area (Å²) in [4.78, 5) is 14.7. The smallest absolute Gasteiger partial charge is 0.397 e. The van der Waals surface area contributed by atoms with Crippen molar-refractivity contribution in [2.75, 3.05) is 30.5 Å². The maximum Gasteiger partial charge on any atom is 0.416 e. The number of benzene rings is 2. The van der Waals surface area contributed by atoms with Crippen LogP contribution >= 0.6 is 0 Å². The molecule has 1 fully saturated rings. The fourth-order valence-corrected chi connectivity index (χ4v) is 4.92. The van der Waals surface area contributed by atoms with Crippen LogP contribution in [0.4, 0.5) is 33.3 Å². The fourth-order valence-electron chi connectivity index (χ4n) is 4.92. The molecule has 1 amide bonds. The van der Waals surface area contributed by atoms with E-state index in [1.54, 1.807) is 54.4 Å². The van der Waals surface area contributed by atoms with Gasteiger partial charge in [-0.15, -0.1) is 0 Å². The number of rotatable bonds is 8. The second-order valence-corrected chi connectivity index (χ2v) is 10.5. The molecule has 4 rings (SSSR count). The Bertz CT molecular complexity index is 1480. The van der Waals surface area contributed by atoms with E-state index >= 15 is 0 Å². The van der Waals surface area contributed by atoms with Crippen molar-refractivity contribution < 1.29 is 26.7 Å². The van der Waals surface area contributed by atoms with Gasteiger partial charge in [-0.1, -0.05) is 6.07 Å². The number of anilines is 2. The first-order valence-corrected chi connectivity index (χ1v) is 13.3. The van der Waals surface area contributed by atoms with Crippen LogP contribution in [0, 0.1) is 13.8 Å². The van der Waals surface area contributed by atoms with Gasteiger partial charge >= 0.3 is 6.18 Å². The van der Waals surface area contributed by atoms with Crippen molar-refractivity contribution in [3.8, 4) is 0 Å². The van der Waals surface area contributed by atoms with Gasteiger partial charge in [0, 0.05) is 55.8 Å². The van der Waals surface area contributed by atoms with Crippen molar-refractivity contribution >= 4 is 23.0 Å². The highest BCUT2D eigenvalue weighted by Crippen LogP contribution is 2.34. The summed E-state index contributed by atoms with van der Waals surface area (Å²) in [5.41, 5.74) is 12.1. The summed E-state index contributed by atoms with van der Waals surface area (Å²) in [6, 6.07) is 8.01. The third kappa shape index (κ3) is 7.26. The van der Waals surface area contributed by atoms with Crippen LogP contribution in [-0.2, 0) is 19.8 Å². The molecular formula is C29H34F5N7O. The average Bonchev–Trinajstić information content (AvgIpc) is 3.24. The van der Waals surface area contributed by atoms with Gasteiger partial charge in [-0.2, -0.15) is 18.3 Å². The number of nitrogens with one attached hydrogen (secondary N) is 2.